The van der Waals surface area contributed by atoms with Crippen LogP contribution in [0.2, 0.25) is 0 Å². The standard InChI is InChI=1S/C16H15BrF2IO4.C7H8O3S/c1-21-10-7-13(22-2)15(14(8-10)23-3)20-11-5-4-9(17)6-12(11)24-16(18)19;1-6-2-4-7(5-3-6)11(8,9)10/h4-8,16H,1-3H3;2-5H,1H3,(H,8,9,10)/q+1;/p-1. The van der Waals surface area contributed by atoms with Crippen LogP contribution in [-0.4, -0.2) is 40.9 Å². The van der Waals surface area contributed by atoms with Gasteiger partial charge in [0.15, 0.2) is 17.2 Å². The third-order valence-corrected chi connectivity index (χ3v) is 8.69. The lowest BCUT2D eigenvalue weighted by atomic mass is 10.2. The highest BCUT2D eigenvalue weighted by atomic mass is 127. The number of hydrogen-bond donors (Lipinski definition) is 0. The van der Waals surface area contributed by atoms with E-state index < -0.39 is 37.9 Å². The number of hydrogen-bond acceptors (Lipinski definition) is 7. The lowest BCUT2D eigenvalue weighted by Crippen LogP contribution is -3.61. The van der Waals surface area contributed by atoms with E-state index in [0.717, 1.165) is 9.13 Å². The zero-order valence-electron chi connectivity index (χ0n) is 19.1. The van der Waals surface area contributed by atoms with Crippen LogP contribution in [0.15, 0.2) is 64.0 Å². The Balaban J connectivity index is 0.000000328. The Morgan fingerprint density at radius 2 is 1.46 bits per heavy atom. The van der Waals surface area contributed by atoms with Crippen LogP contribution in [0.25, 0.3) is 0 Å². The Hall–Kier alpha value is -2.16. The molecule has 0 aliphatic carbocycles. The van der Waals surface area contributed by atoms with Crippen LogP contribution in [0.5, 0.6) is 23.0 Å². The summed E-state index contributed by atoms with van der Waals surface area (Å²) in [6.45, 7) is -1.07. The zero-order valence-corrected chi connectivity index (χ0v) is 23.6. The number of rotatable bonds is 8. The quantitative estimate of drug-likeness (QED) is 0.265. The molecule has 3 aromatic rings. The fourth-order valence-corrected chi connectivity index (χ4v) is 6.19. The Bertz CT molecular complexity index is 1210. The van der Waals surface area contributed by atoms with Crippen LogP contribution in [0.1, 0.15) is 5.56 Å². The highest BCUT2D eigenvalue weighted by molar-refractivity contribution is 9.10. The molecular formula is C23H22BrF2IO7S. The third-order valence-electron chi connectivity index (χ3n) is 4.27. The number of ether oxygens (including phenoxy) is 4. The predicted octanol–water partition coefficient (Wildman–Crippen LogP) is 2.10. The van der Waals surface area contributed by atoms with Crippen molar-refractivity contribution in [1.29, 1.82) is 0 Å². The predicted molar refractivity (Wildman–Crippen MR) is 123 cm³/mol. The monoisotopic (exact) mass is 686 g/mol. The first kappa shape index (κ1) is 29.1. The van der Waals surface area contributed by atoms with Crippen molar-refractivity contribution in [2.75, 3.05) is 21.3 Å². The Morgan fingerprint density at radius 1 is 0.886 bits per heavy atom. The van der Waals surface area contributed by atoms with E-state index in [2.05, 4.69) is 20.7 Å². The molecule has 0 saturated carbocycles. The molecule has 3 aromatic carbocycles. The molecule has 0 aliphatic heterocycles. The average Bonchev–Trinajstić information content (AvgIpc) is 2.80. The summed E-state index contributed by atoms with van der Waals surface area (Å²) in [4.78, 5) is -0.178. The van der Waals surface area contributed by atoms with Gasteiger partial charge in [0.2, 0.25) is 3.57 Å². The van der Waals surface area contributed by atoms with Gasteiger partial charge in [0.1, 0.15) is 15.9 Å². The zero-order chi connectivity index (χ0) is 26.2. The summed E-state index contributed by atoms with van der Waals surface area (Å²) in [5, 5.41) is 0. The van der Waals surface area contributed by atoms with E-state index in [4.69, 9.17) is 14.2 Å². The smallest absolute Gasteiger partial charge is 0.387 e. The number of alkyl halides is 2. The summed E-state index contributed by atoms with van der Waals surface area (Å²) in [5.74, 6) is 1.92. The maximum absolute atomic E-state index is 12.7. The van der Waals surface area contributed by atoms with E-state index in [1.165, 1.54) is 18.2 Å². The van der Waals surface area contributed by atoms with E-state index in [9.17, 15) is 21.8 Å². The van der Waals surface area contributed by atoms with Gasteiger partial charge in [0, 0.05) is 16.6 Å². The van der Waals surface area contributed by atoms with E-state index in [-0.39, 0.29) is 10.6 Å². The summed E-state index contributed by atoms with van der Waals surface area (Å²) in [5.41, 5.74) is 0.928. The molecule has 0 heterocycles. The van der Waals surface area contributed by atoms with E-state index >= 15 is 0 Å². The van der Waals surface area contributed by atoms with E-state index in [1.54, 1.807) is 57.7 Å². The molecule has 0 fully saturated rings. The Labute approximate surface area is 221 Å². The average molecular weight is 687 g/mol. The van der Waals surface area contributed by atoms with Crippen molar-refractivity contribution in [2.45, 2.75) is 18.4 Å². The molecule has 0 radical (unpaired) electrons. The molecule has 0 aromatic heterocycles. The molecule has 0 unspecified atom stereocenters. The fourth-order valence-electron chi connectivity index (χ4n) is 2.60. The van der Waals surface area contributed by atoms with Crippen molar-refractivity contribution < 1.29 is 61.9 Å². The van der Waals surface area contributed by atoms with Gasteiger partial charge in [-0.25, -0.2) is 8.42 Å². The van der Waals surface area contributed by atoms with Gasteiger partial charge in [-0.15, -0.1) is 0 Å². The molecule has 0 spiro atoms. The topological polar surface area (TPSA) is 94.1 Å². The van der Waals surface area contributed by atoms with Crippen molar-refractivity contribution in [3.63, 3.8) is 0 Å². The van der Waals surface area contributed by atoms with Crippen LogP contribution in [0, 0.1) is 14.1 Å². The van der Waals surface area contributed by atoms with Crippen LogP contribution < -0.4 is 40.2 Å². The third kappa shape index (κ3) is 8.78. The van der Waals surface area contributed by atoms with Crippen molar-refractivity contribution in [1.82, 2.24) is 0 Å². The number of aryl methyl sites for hydroxylation is 1. The minimum atomic E-state index is -4.27. The first-order chi connectivity index (χ1) is 16.5. The van der Waals surface area contributed by atoms with Crippen molar-refractivity contribution >= 4 is 26.0 Å². The molecule has 190 valence electrons. The Kier molecular flexibility index (Phi) is 11.0. The maximum atomic E-state index is 12.7. The molecule has 0 amide bonds. The van der Waals surface area contributed by atoms with Crippen LogP contribution in [-0.2, 0) is 10.1 Å². The number of benzene rings is 3. The first-order valence-corrected chi connectivity index (χ1v) is 14.1. The maximum Gasteiger partial charge on any atom is 0.387 e. The second kappa shape index (κ2) is 13.2. The molecular weight excluding hydrogens is 665 g/mol. The number of methoxy groups -OCH3 is 3. The Morgan fingerprint density at radius 3 is 1.91 bits per heavy atom. The minimum Gasteiger partial charge on any atom is -0.744 e. The summed E-state index contributed by atoms with van der Waals surface area (Å²) in [7, 11) is 0.361. The summed E-state index contributed by atoms with van der Waals surface area (Å²) in [6, 6.07) is 14.3. The molecule has 7 nitrogen and oxygen atoms in total. The summed E-state index contributed by atoms with van der Waals surface area (Å²) >= 11 is 2.37. The molecule has 0 atom stereocenters. The second-order valence-corrected chi connectivity index (χ2v) is 11.7. The van der Waals surface area contributed by atoms with Crippen molar-refractivity contribution in [3.8, 4) is 23.0 Å². The van der Waals surface area contributed by atoms with E-state index in [1.807, 2.05) is 6.92 Å². The minimum absolute atomic E-state index is 0.145. The normalized spacial score (nSPS) is 10.9. The van der Waals surface area contributed by atoms with Gasteiger partial charge < -0.3 is 23.5 Å². The first-order valence-electron chi connectivity index (χ1n) is 9.70. The molecule has 0 N–H and O–H groups in total. The summed E-state index contributed by atoms with van der Waals surface area (Å²) in [6.07, 6.45) is 0. The van der Waals surface area contributed by atoms with Gasteiger partial charge in [-0.1, -0.05) is 33.6 Å². The molecule has 12 heteroatoms. The SMILES string of the molecule is COc1cc(OC)c([I+]c2ccc(Br)cc2OC(F)F)c(OC)c1.Cc1ccc(S(=O)(=O)[O-])cc1. The van der Waals surface area contributed by atoms with Gasteiger partial charge >= 0.3 is 27.8 Å². The molecule has 0 aliphatic rings. The molecule has 0 bridgehead atoms. The summed E-state index contributed by atoms with van der Waals surface area (Å²) < 4.78 is 79.4. The van der Waals surface area contributed by atoms with E-state index in [0.29, 0.717) is 25.3 Å². The number of halogens is 4. The van der Waals surface area contributed by atoms with Gasteiger partial charge in [0.05, 0.1) is 26.2 Å². The molecule has 3 rings (SSSR count). The van der Waals surface area contributed by atoms with Crippen LogP contribution >= 0.6 is 15.9 Å². The lowest BCUT2D eigenvalue weighted by Gasteiger charge is -2.09. The van der Waals surface area contributed by atoms with Gasteiger partial charge in [-0.2, -0.15) is 8.78 Å². The second-order valence-electron chi connectivity index (χ2n) is 6.66. The van der Waals surface area contributed by atoms with Crippen LogP contribution in [0.3, 0.4) is 0 Å². The van der Waals surface area contributed by atoms with Crippen molar-refractivity contribution in [3.05, 3.63) is 71.8 Å². The van der Waals surface area contributed by atoms with Gasteiger partial charge in [-0.3, -0.25) is 0 Å². The highest BCUT2D eigenvalue weighted by Gasteiger charge is 2.31. The van der Waals surface area contributed by atoms with Gasteiger partial charge in [0.25, 0.3) is 3.57 Å². The largest absolute Gasteiger partial charge is 0.744 e. The highest BCUT2D eigenvalue weighted by Crippen LogP contribution is 2.28. The van der Waals surface area contributed by atoms with Crippen molar-refractivity contribution in [2.24, 2.45) is 0 Å². The molecule has 0 saturated heterocycles. The van der Waals surface area contributed by atoms with Crippen LogP contribution in [0.4, 0.5) is 8.78 Å². The molecule has 35 heavy (non-hydrogen) atoms. The fraction of sp³-hybridized carbons (Fsp3) is 0.217. The van der Waals surface area contributed by atoms with Gasteiger partial charge in [-0.05, 0) is 37.3 Å². The lowest BCUT2D eigenvalue weighted by molar-refractivity contribution is -0.599.